The van der Waals surface area contributed by atoms with Crippen LogP contribution < -0.4 is 5.32 Å². The second-order valence-electron chi connectivity index (χ2n) is 5.67. The Bertz CT molecular complexity index is 581. The number of aryl methyl sites for hydroxylation is 1. The first-order valence-electron chi connectivity index (χ1n) is 8.01. The van der Waals surface area contributed by atoms with Crippen LogP contribution in [0, 0.1) is 6.92 Å². The molecule has 1 heterocycles. The van der Waals surface area contributed by atoms with E-state index >= 15 is 0 Å². The van der Waals surface area contributed by atoms with E-state index in [1.54, 1.807) is 0 Å². The summed E-state index contributed by atoms with van der Waals surface area (Å²) in [5, 5.41) is 4.78. The molecule has 1 aromatic heterocycles. The number of halogens is 1. The van der Waals surface area contributed by atoms with Crippen molar-refractivity contribution >= 4 is 32.5 Å². The van der Waals surface area contributed by atoms with Crippen molar-refractivity contribution in [1.29, 1.82) is 0 Å². The molecule has 1 N–H and O–H groups in total. The molecule has 0 fully saturated rings. The van der Waals surface area contributed by atoms with Gasteiger partial charge in [0.15, 0.2) is 0 Å². The number of rotatable bonds is 8. The number of anilines is 1. The molecule has 1 aromatic carbocycles. The third-order valence-corrected chi connectivity index (χ3v) is 4.24. The van der Waals surface area contributed by atoms with E-state index in [9.17, 15) is 0 Å². The van der Waals surface area contributed by atoms with Crippen LogP contribution in [0.3, 0.4) is 0 Å². The van der Waals surface area contributed by atoms with Gasteiger partial charge in [-0.25, -0.2) is 0 Å². The lowest BCUT2D eigenvalue weighted by atomic mass is 10.1. The summed E-state index contributed by atoms with van der Waals surface area (Å²) in [5.41, 5.74) is 3.33. The van der Waals surface area contributed by atoms with Gasteiger partial charge in [0.25, 0.3) is 0 Å². The fourth-order valence-corrected chi connectivity index (χ4v) is 2.97. The molecule has 114 valence electrons. The molecule has 0 atom stereocenters. The molecular weight excluding hydrogens is 324 g/mol. The van der Waals surface area contributed by atoms with Gasteiger partial charge in [-0.05, 0) is 37.6 Å². The Balaban J connectivity index is 1.93. The molecule has 3 heteroatoms. The van der Waals surface area contributed by atoms with Crippen molar-refractivity contribution in [2.75, 3.05) is 11.9 Å². The van der Waals surface area contributed by atoms with Crippen LogP contribution in [-0.2, 0) is 0 Å². The molecule has 0 amide bonds. The summed E-state index contributed by atoms with van der Waals surface area (Å²) < 4.78 is 1.10. The molecule has 0 unspecified atom stereocenters. The second kappa shape index (κ2) is 8.38. The summed E-state index contributed by atoms with van der Waals surface area (Å²) in [6.07, 6.45) is 7.97. The standard InChI is InChI=1S/C18H25BrN2/c1-3-4-5-6-7-8-11-20-18-12-14(2)21-17-10-9-15(19)13-16(17)18/h9-10,12-13H,3-8,11H2,1-2H3,(H,20,21). The maximum atomic E-state index is 4.59. The van der Waals surface area contributed by atoms with E-state index in [4.69, 9.17) is 0 Å². The van der Waals surface area contributed by atoms with Crippen molar-refractivity contribution in [1.82, 2.24) is 4.98 Å². The minimum Gasteiger partial charge on any atom is -0.384 e. The van der Waals surface area contributed by atoms with Crippen molar-refractivity contribution in [3.8, 4) is 0 Å². The van der Waals surface area contributed by atoms with Crippen LogP contribution in [0.1, 0.15) is 51.1 Å². The van der Waals surface area contributed by atoms with Crippen molar-refractivity contribution in [3.05, 3.63) is 34.4 Å². The van der Waals surface area contributed by atoms with Crippen molar-refractivity contribution in [2.45, 2.75) is 52.4 Å². The minimum absolute atomic E-state index is 1.04. The van der Waals surface area contributed by atoms with Gasteiger partial charge in [0.05, 0.1) is 5.52 Å². The molecular formula is C18H25BrN2. The maximum absolute atomic E-state index is 4.59. The Morgan fingerprint density at radius 2 is 1.81 bits per heavy atom. The number of hydrogen-bond donors (Lipinski definition) is 1. The van der Waals surface area contributed by atoms with Crippen LogP contribution in [0.15, 0.2) is 28.7 Å². The summed E-state index contributed by atoms with van der Waals surface area (Å²) in [4.78, 5) is 4.59. The van der Waals surface area contributed by atoms with Crippen LogP contribution in [0.4, 0.5) is 5.69 Å². The van der Waals surface area contributed by atoms with Crippen molar-refractivity contribution < 1.29 is 0 Å². The maximum Gasteiger partial charge on any atom is 0.0726 e. The topological polar surface area (TPSA) is 24.9 Å². The monoisotopic (exact) mass is 348 g/mol. The average Bonchev–Trinajstić information content (AvgIpc) is 2.47. The lowest BCUT2D eigenvalue weighted by Crippen LogP contribution is -2.03. The number of unbranched alkanes of at least 4 members (excludes halogenated alkanes) is 5. The van der Waals surface area contributed by atoms with E-state index in [-0.39, 0.29) is 0 Å². The first kappa shape index (κ1) is 16.3. The molecule has 2 nitrogen and oxygen atoms in total. The van der Waals surface area contributed by atoms with Gasteiger partial charge in [-0.1, -0.05) is 55.0 Å². The van der Waals surface area contributed by atoms with Gasteiger partial charge < -0.3 is 5.32 Å². The lowest BCUT2D eigenvalue weighted by molar-refractivity contribution is 0.617. The SMILES string of the molecule is CCCCCCCCNc1cc(C)nc2ccc(Br)cc12. The molecule has 0 aliphatic rings. The van der Waals surface area contributed by atoms with E-state index in [2.05, 4.69) is 58.3 Å². The van der Waals surface area contributed by atoms with Crippen LogP contribution >= 0.6 is 15.9 Å². The van der Waals surface area contributed by atoms with E-state index in [0.29, 0.717) is 0 Å². The van der Waals surface area contributed by atoms with E-state index < -0.39 is 0 Å². The molecule has 0 saturated carbocycles. The zero-order chi connectivity index (χ0) is 15.1. The van der Waals surface area contributed by atoms with E-state index in [1.165, 1.54) is 49.6 Å². The average molecular weight is 349 g/mol. The summed E-state index contributed by atoms with van der Waals surface area (Å²) in [7, 11) is 0. The highest BCUT2D eigenvalue weighted by molar-refractivity contribution is 9.10. The number of hydrogen-bond acceptors (Lipinski definition) is 2. The highest BCUT2D eigenvalue weighted by Crippen LogP contribution is 2.26. The van der Waals surface area contributed by atoms with E-state index in [0.717, 1.165) is 22.2 Å². The van der Waals surface area contributed by atoms with E-state index in [1.807, 2.05) is 6.07 Å². The number of nitrogens with one attached hydrogen (secondary N) is 1. The Labute approximate surface area is 136 Å². The lowest BCUT2D eigenvalue weighted by Gasteiger charge is -2.11. The van der Waals surface area contributed by atoms with Crippen LogP contribution in [0.2, 0.25) is 0 Å². The van der Waals surface area contributed by atoms with Crippen LogP contribution in [-0.4, -0.2) is 11.5 Å². The fourth-order valence-electron chi connectivity index (χ4n) is 2.61. The summed E-state index contributed by atoms with van der Waals surface area (Å²) in [6, 6.07) is 8.41. The first-order chi connectivity index (χ1) is 10.2. The third kappa shape index (κ3) is 4.99. The van der Waals surface area contributed by atoms with Crippen molar-refractivity contribution in [2.24, 2.45) is 0 Å². The van der Waals surface area contributed by atoms with Gasteiger partial charge in [0.1, 0.15) is 0 Å². The molecule has 0 saturated heterocycles. The molecule has 2 aromatic rings. The zero-order valence-corrected chi connectivity index (χ0v) is 14.7. The van der Waals surface area contributed by atoms with Gasteiger partial charge in [-0.15, -0.1) is 0 Å². The van der Waals surface area contributed by atoms with Crippen LogP contribution in [0.25, 0.3) is 10.9 Å². The Hall–Kier alpha value is -1.09. The highest BCUT2D eigenvalue weighted by Gasteiger charge is 2.04. The van der Waals surface area contributed by atoms with Gasteiger partial charge in [-0.3, -0.25) is 4.98 Å². The zero-order valence-electron chi connectivity index (χ0n) is 13.1. The van der Waals surface area contributed by atoms with Gasteiger partial charge in [0, 0.05) is 27.8 Å². The van der Waals surface area contributed by atoms with Gasteiger partial charge >= 0.3 is 0 Å². The fraction of sp³-hybridized carbons (Fsp3) is 0.500. The van der Waals surface area contributed by atoms with Crippen LogP contribution in [0.5, 0.6) is 0 Å². The number of nitrogens with zero attached hydrogens (tertiary/aromatic N) is 1. The predicted octanol–water partition coefficient (Wildman–Crippen LogP) is 6.08. The normalized spacial score (nSPS) is 11.0. The molecule has 21 heavy (non-hydrogen) atoms. The molecule has 0 aliphatic carbocycles. The largest absolute Gasteiger partial charge is 0.384 e. The Morgan fingerprint density at radius 1 is 1.05 bits per heavy atom. The summed E-state index contributed by atoms with van der Waals surface area (Å²) in [5.74, 6) is 0. The minimum atomic E-state index is 1.04. The Kier molecular flexibility index (Phi) is 6.50. The second-order valence-corrected chi connectivity index (χ2v) is 6.58. The number of benzene rings is 1. The quantitative estimate of drug-likeness (QED) is 0.584. The highest BCUT2D eigenvalue weighted by atomic mass is 79.9. The molecule has 0 aliphatic heterocycles. The van der Waals surface area contributed by atoms with Gasteiger partial charge in [0.2, 0.25) is 0 Å². The smallest absolute Gasteiger partial charge is 0.0726 e. The molecule has 2 rings (SSSR count). The molecule has 0 bridgehead atoms. The van der Waals surface area contributed by atoms with Gasteiger partial charge in [-0.2, -0.15) is 0 Å². The predicted molar refractivity (Wildman–Crippen MR) is 96.0 cm³/mol. The number of fused-ring (bicyclic) bond motifs is 1. The molecule has 0 spiro atoms. The molecule has 0 radical (unpaired) electrons. The van der Waals surface area contributed by atoms with Crippen molar-refractivity contribution in [3.63, 3.8) is 0 Å². The Morgan fingerprint density at radius 3 is 2.62 bits per heavy atom. The summed E-state index contributed by atoms with van der Waals surface area (Å²) in [6.45, 7) is 5.35. The number of pyridine rings is 1. The summed E-state index contributed by atoms with van der Waals surface area (Å²) >= 11 is 3.55. The third-order valence-electron chi connectivity index (χ3n) is 3.74. The first-order valence-corrected chi connectivity index (χ1v) is 8.81. The number of aromatic nitrogens is 1.